The highest BCUT2D eigenvalue weighted by Crippen LogP contribution is 2.36. The SMILES string of the molecule is [2H]C([2H])([2H])[C@@H](N)Cc1oc2c(NCc3cccs3)cc(Cl)nc2c1Br. The lowest BCUT2D eigenvalue weighted by atomic mass is 10.2. The molecule has 0 saturated heterocycles. The van der Waals surface area contributed by atoms with Gasteiger partial charge in [0.05, 0.1) is 10.2 Å². The Morgan fingerprint density at radius 3 is 3.23 bits per heavy atom. The number of nitrogens with two attached hydrogens (primary N) is 1. The molecule has 22 heavy (non-hydrogen) atoms. The van der Waals surface area contributed by atoms with Crippen LogP contribution in [0.5, 0.6) is 0 Å². The molecule has 0 spiro atoms. The van der Waals surface area contributed by atoms with Crippen molar-refractivity contribution in [1.82, 2.24) is 4.98 Å². The number of hydrogen-bond donors (Lipinski definition) is 2. The Morgan fingerprint density at radius 1 is 1.64 bits per heavy atom. The minimum Gasteiger partial charge on any atom is -0.456 e. The molecule has 0 amide bonds. The highest BCUT2D eigenvalue weighted by atomic mass is 79.9. The van der Waals surface area contributed by atoms with Gasteiger partial charge < -0.3 is 15.5 Å². The standard InChI is InChI=1S/C15H15BrClN3OS/c1-8(18)5-11-13(16)14-15(21-11)10(6-12(17)20-14)19-7-9-3-2-4-22-9/h2-4,6,8H,5,7,18H2,1H3,(H,19,20)/t8-/m1/s1/i1D3. The Morgan fingerprint density at radius 2 is 2.50 bits per heavy atom. The Bertz CT molecular complexity index is 882. The smallest absolute Gasteiger partial charge is 0.177 e. The molecular formula is C15H15BrClN3OS. The van der Waals surface area contributed by atoms with Gasteiger partial charge in [0.2, 0.25) is 0 Å². The van der Waals surface area contributed by atoms with Crippen LogP contribution in [0.2, 0.25) is 5.15 Å². The molecule has 0 fully saturated rings. The van der Waals surface area contributed by atoms with E-state index in [1.165, 1.54) is 0 Å². The third-order valence-corrected chi connectivity index (χ3v) is 4.95. The third-order valence-electron chi connectivity index (χ3n) is 3.06. The number of aromatic nitrogens is 1. The summed E-state index contributed by atoms with van der Waals surface area (Å²) >= 11 is 11.2. The van der Waals surface area contributed by atoms with E-state index in [0.29, 0.717) is 38.7 Å². The zero-order chi connectivity index (χ0) is 18.2. The molecule has 0 aliphatic rings. The Hall–Kier alpha value is -1.08. The fourth-order valence-corrected chi connectivity index (χ4v) is 3.46. The normalized spacial score (nSPS) is 15.3. The fraction of sp³-hybridized carbons (Fsp3) is 0.267. The van der Waals surface area contributed by atoms with Crippen molar-refractivity contribution >= 4 is 55.7 Å². The first kappa shape index (κ1) is 12.4. The van der Waals surface area contributed by atoms with E-state index >= 15 is 0 Å². The van der Waals surface area contributed by atoms with E-state index in [0.717, 1.165) is 4.88 Å². The van der Waals surface area contributed by atoms with Crippen LogP contribution in [-0.2, 0) is 13.0 Å². The number of anilines is 1. The van der Waals surface area contributed by atoms with Crippen molar-refractivity contribution in [2.24, 2.45) is 5.73 Å². The third kappa shape index (κ3) is 3.30. The van der Waals surface area contributed by atoms with Gasteiger partial charge in [0.25, 0.3) is 0 Å². The average molecular weight is 404 g/mol. The quantitative estimate of drug-likeness (QED) is 0.600. The van der Waals surface area contributed by atoms with Gasteiger partial charge in [0.1, 0.15) is 16.4 Å². The zero-order valence-corrected chi connectivity index (χ0v) is 14.6. The molecule has 7 heteroatoms. The van der Waals surface area contributed by atoms with E-state index in [9.17, 15) is 0 Å². The van der Waals surface area contributed by atoms with Gasteiger partial charge >= 0.3 is 0 Å². The van der Waals surface area contributed by atoms with Crippen molar-refractivity contribution < 1.29 is 8.53 Å². The van der Waals surface area contributed by atoms with Gasteiger partial charge in [-0.2, -0.15) is 0 Å². The van der Waals surface area contributed by atoms with Crippen LogP contribution in [0.25, 0.3) is 11.1 Å². The largest absolute Gasteiger partial charge is 0.456 e. The van der Waals surface area contributed by atoms with E-state index in [4.69, 9.17) is 25.9 Å². The number of nitrogens with zero attached hydrogens (tertiary/aromatic N) is 1. The van der Waals surface area contributed by atoms with Gasteiger partial charge in [-0.15, -0.1) is 11.3 Å². The number of nitrogens with one attached hydrogen (secondary N) is 1. The minimum absolute atomic E-state index is 0.0649. The Balaban J connectivity index is 1.94. The monoisotopic (exact) mass is 402 g/mol. The van der Waals surface area contributed by atoms with Crippen molar-refractivity contribution in [2.75, 3.05) is 5.32 Å². The van der Waals surface area contributed by atoms with E-state index in [1.807, 2.05) is 17.5 Å². The molecule has 0 radical (unpaired) electrons. The first-order valence-electron chi connectivity index (χ1n) is 8.05. The predicted octanol–water partition coefficient (Wildman–Crippen LogP) is 4.81. The predicted molar refractivity (Wildman–Crippen MR) is 95.7 cm³/mol. The number of fused-ring (bicyclic) bond motifs is 1. The van der Waals surface area contributed by atoms with E-state index in [2.05, 4.69) is 26.2 Å². The maximum absolute atomic E-state index is 7.42. The second kappa shape index (κ2) is 6.58. The molecule has 0 aromatic carbocycles. The summed E-state index contributed by atoms with van der Waals surface area (Å²) in [4.78, 5) is 5.44. The maximum Gasteiger partial charge on any atom is 0.177 e. The fourth-order valence-electron chi connectivity index (χ4n) is 2.11. The molecule has 0 aliphatic heterocycles. The number of pyridine rings is 1. The highest BCUT2D eigenvalue weighted by molar-refractivity contribution is 9.10. The molecule has 4 nitrogen and oxygen atoms in total. The molecule has 0 saturated carbocycles. The minimum atomic E-state index is -2.26. The van der Waals surface area contributed by atoms with Crippen LogP contribution in [0.3, 0.4) is 0 Å². The second-order valence-electron chi connectivity index (χ2n) is 4.75. The first-order valence-corrected chi connectivity index (χ1v) is 8.60. The van der Waals surface area contributed by atoms with Gasteiger partial charge in [0, 0.05) is 34.1 Å². The van der Waals surface area contributed by atoms with Crippen molar-refractivity contribution in [3.05, 3.63) is 43.8 Å². The molecule has 116 valence electrons. The van der Waals surface area contributed by atoms with E-state index < -0.39 is 12.9 Å². The van der Waals surface area contributed by atoms with Crippen LogP contribution in [0.1, 0.15) is 21.6 Å². The molecule has 1 atom stereocenters. The van der Waals surface area contributed by atoms with Crippen molar-refractivity contribution in [3.63, 3.8) is 0 Å². The number of rotatable bonds is 5. The summed E-state index contributed by atoms with van der Waals surface area (Å²) in [6, 6.07) is 4.66. The molecule has 3 N–H and O–H groups in total. The summed E-state index contributed by atoms with van der Waals surface area (Å²) in [7, 11) is 0. The van der Waals surface area contributed by atoms with Crippen LogP contribution in [-0.4, -0.2) is 11.0 Å². The van der Waals surface area contributed by atoms with Gasteiger partial charge in [-0.3, -0.25) is 0 Å². The summed E-state index contributed by atoms with van der Waals surface area (Å²) in [6.07, 6.45) is 0.0649. The van der Waals surface area contributed by atoms with Crippen molar-refractivity contribution in [2.45, 2.75) is 25.9 Å². The highest BCUT2D eigenvalue weighted by Gasteiger charge is 2.18. The van der Waals surface area contributed by atoms with Crippen LogP contribution in [0.4, 0.5) is 5.69 Å². The summed E-state index contributed by atoms with van der Waals surface area (Å²) in [5.41, 5.74) is 7.50. The Kier molecular flexibility index (Phi) is 3.70. The van der Waals surface area contributed by atoms with Gasteiger partial charge in [-0.05, 0) is 34.2 Å². The van der Waals surface area contributed by atoms with Crippen LogP contribution < -0.4 is 11.1 Å². The molecule has 3 rings (SSSR count). The van der Waals surface area contributed by atoms with Crippen LogP contribution in [0.15, 0.2) is 32.5 Å². The number of thiophene rings is 1. The lowest BCUT2D eigenvalue weighted by Gasteiger charge is -2.06. The van der Waals surface area contributed by atoms with E-state index in [-0.39, 0.29) is 6.42 Å². The molecule has 3 aromatic rings. The van der Waals surface area contributed by atoms with E-state index in [1.54, 1.807) is 17.4 Å². The molecule has 0 aliphatic carbocycles. The zero-order valence-electron chi connectivity index (χ0n) is 14.4. The van der Waals surface area contributed by atoms with Gasteiger partial charge in [0.15, 0.2) is 5.58 Å². The average Bonchev–Trinajstić information content (AvgIpc) is 3.14. The number of halogens is 2. The molecule has 3 aromatic heterocycles. The molecule has 0 bridgehead atoms. The topological polar surface area (TPSA) is 64.1 Å². The van der Waals surface area contributed by atoms with Gasteiger partial charge in [-0.1, -0.05) is 17.7 Å². The molecule has 0 unspecified atom stereocenters. The molecule has 3 heterocycles. The maximum atomic E-state index is 7.42. The summed E-state index contributed by atoms with van der Waals surface area (Å²) in [6.45, 7) is -1.64. The number of hydrogen-bond acceptors (Lipinski definition) is 5. The summed E-state index contributed by atoms with van der Waals surface area (Å²) < 4.78 is 28.7. The lowest BCUT2D eigenvalue weighted by Crippen LogP contribution is -2.17. The van der Waals surface area contributed by atoms with Crippen LogP contribution >= 0.6 is 38.9 Å². The van der Waals surface area contributed by atoms with Crippen molar-refractivity contribution in [3.8, 4) is 0 Å². The summed E-state index contributed by atoms with van der Waals surface area (Å²) in [5.74, 6) is 0.438. The molecular weight excluding hydrogens is 386 g/mol. The Labute approximate surface area is 150 Å². The van der Waals surface area contributed by atoms with Crippen LogP contribution in [0, 0.1) is 0 Å². The first-order chi connectivity index (χ1) is 11.8. The lowest BCUT2D eigenvalue weighted by molar-refractivity contribution is 0.523. The summed E-state index contributed by atoms with van der Waals surface area (Å²) in [5, 5.41) is 5.60. The van der Waals surface area contributed by atoms with Gasteiger partial charge in [-0.25, -0.2) is 4.98 Å². The van der Waals surface area contributed by atoms with Crippen molar-refractivity contribution in [1.29, 1.82) is 0 Å². The number of furan rings is 1. The second-order valence-corrected chi connectivity index (χ2v) is 6.97.